The van der Waals surface area contributed by atoms with E-state index >= 15 is 0 Å². The van der Waals surface area contributed by atoms with Crippen LogP contribution in [0.25, 0.3) is 36.1 Å². The van der Waals surface area contributed by atoms with Crippen molar-refractivity contribution in [3.63, 3.8) is 0 Å². The van der Waals surface area contributed by atoms with E-state index in [0.29, 0.717) is 55.9 Å². The van der Waals surface area contributed by atoms with Crippen molar-refractivity contribution in [1.29, 1.82) is 5.26 Å². The molecule has 392 valence electrons. The Balaban J connectivity index is 0.000000333. The van der Waals surface area contributed by atoms with E-state index in [-0.39, 0.29) is 22.1 Å². The lowest BCUT2D eigenvalue weighted by Gasteiger charge is -2.08. The second kappa shape index (κ2) is 35.4. The molecule has 23 nitrogen and oxygen atoms in total. The van der Waals surface area contributed by atoms with E-state index in [0.717, 1.165) is 35.9 Å². The van der Waals surface area contributed by atoms with Gasteiger partial charge in [0.1, 0.15) is 23.1 Å². The smallest absolute Gasteiger partial charge is 0.331 e. The van der Waals surface area contributed by atoms with Crippen molar-refractivity contribution >= 4 is 113 Å². The van der Waals surface area contributed by atoms with Crippen molar-refractivity contribution in [1.82, 2.24) is 29.5 Å². The maximum atomic E-state index is 11.9. The molecule has 78 heavy (non-hydrogen) atoms. The maximum absolute atomic E-state index is 11.9. The summed E-state index contributed by atoms with van der Waals surface area (Å²) in [6, 6.07) is 35.8. The molecular weight excluding hydrogens is 1130 g/mol. The Labute approximate surface area is 467 Å². The normalized spacial score (nSPS) is 9.10. The highest BCUT2D eigenvalue weighted by Crippen LogP contribution is 2.28. The van der Waals surface area contributed by atoms with Gasteiger partial charge in [-0.15, -0.1) is 0 Å². The van der Waals surface area contributed by atoms with E-state index in [4.69, 9.17) is 61.1 Å². The molecule has 9 rings (SSSR count). The van der Waals surface area contributed by atoms with Gasteiger partial charge >= 0.3 is 17.1 Å². The van der Waals surface area contributed by atoms with Crippen molar-refractivity contribution in [2.24, 2.45) is 0 Å². The molecule has 25 heteroatoms. The van der Waals surface area contributed by atoms with Gasteiger partial charge in [0.05, 0.1) is 77.0 Å². The fraction of sp³-hybridized carbons (Fsp3) is 0.0566. The van der Waals surface area contributed by atoms with Crippen molar-refractivity contribution in [2.75, 3.05) is 34.1 Å². The van der Waals surface area contributed by atoms with Gasteiger partial charge in [-0.05, 0) is 77.7 Å². The van der Waals surface area contributed by atoms with E-state index < -0.39 is 9.85 Å². The molecule has 5 aromatic heterocycles. The summed E-state index contributed by atoms with van der Waals surface area (Å²) >= 11 is 7.39. The number of hydrogen-bond donors (Lipinski definition) is 6. The maximum Gasteiger partial charge on any atom is 0.331 e. The summed E-state index contributed by atoms with van der Waals surface area (Å²) in [7, 11) is 1.00. The Morgan fingerprint density at radius 2 is 1.05 bits per heavy atom. The van der Waals surface area contributed by atoms with Crippen LogP contribution in [0.4, 0.5) is 68.2 Å². The number of anilines is 6. The predicted molar refractivity (Wildman–Crippen MR) is 312 cm³/mol. The molecule has 0 spiro atoms. The largest absolute Gasteiger partial charge is 0.400 e. The number of nitro groups is 2. The van der Waals surface area contributed by atoms with Gasteiger partial charge < -0.3 is 32.2 Å². The first-order chi connectivity index (χ1) is 38.2. The number of aromatic amines is 1. The number of pyridine rings is 4. The van der Waals surface area contributed by atoms with Crippen LogP contribution in [0.2, 0.25) is 5.02 Å². The third kappa shape index (κ3) is 21.0. The van der Waals surface area contributed by atoms with Crippen LogP contribution in [0.3, 0.4) is 0 Å². The SMILES string of the molecule is CC#N.CO.O=[N+]([O-])c1cnccc1Cl.[2H]CI.[C-]#[N+]c1ccc(-n2c(=O)[nH]c3cnccc32)cc1.[C-]#[N+]c1ccc(N)cc1.[C-]#[N+]c1ccc(Nc2ccncc2N)cc1.[C-]#[N+]c1ccc(Nc2ccncc2[N+](=O)[O-])cc1. The number of hydrogen-bond acceptors (Lipinski definition) is 15. The Hall–Kier alpha value is -10.8. The molecule has 0 radical (unpaired) electrons. The molecule has 0 bridgehead atoms. The predicted octanol–water partition coefficient (Wildman–Crippen LogP) is 13.2. The second-order valence-corrected chi connectivity index (χ2v) is 14.4. The first-order valence-electron chi connectivity index (χ1n) is 22.2. The molecule has 0 aliphatic carbocycles. The Morgan fingerprint density at radius 3 is 1.49 bits per heavy atom. The number of nitriles is 1. The number of nitrogens with one attached hydrogen (secondary N) is 3. The van der Waals surface area contributed by atoms with E-state index in [1.807, 2.05) is 34.7 Å². The first kappa shape index (κ1) is 61.5. The number of imidazole rings is 1. The molecule has 0 saturated carbocycles. The molecule has 0 atom stereocenters. The third-order valence-electron chi connectivity index (χ3n) is 9.09. The summed E-state index contributed by atoms with van der Waals surface area (Å²) in [5.41, 5.74) is 19.2. The summed E-state index contributed by atoms with van der Waals surface area (Å²) in [6.07, 6.45) is 11.7. The summed E-state index contributed by atoms with van der Waals surface area (Å²) in [6.45, 7) is 28.6. The number of nitrogens with zero attached hydrogens (tertiary/aromatic N) is 12. The summed E-state index contributed by atoms with van der Waals surface area (Å²) < 4.78 is 7.76. The first-order valence-corrected chi connectivity index (χ1v) is 23.4. The minimum atomic E-state index is -0.574. The fourth-order valence-corrected chi connectivity index (χ4v) is 5.83. The van der Waals surface area contributed by atoms with Crippen LogP contribution in [0.15, 0.2) is 176 Å². The minimum Gasteiger partial charge on any atom is -0.400 e. The van der Waals surface area contributed by atoms with E-state index in [1.165, 1.54) is 37.6 Å². The van der Waals surface area contributed by atoms with Crippen LogP contribution in [0.1, 0.15) is 8.29 Å². The number of H-pyrrole nitrogens is 1. The molecule has 8 N–H and O–H groups in total. The molecule has 0 unspecified atom stereocenters. The van der Waals surface area contributed by atoms with Gasteiger partial charge in [-0.1, -0.05) is 82.7 Å². The van der Waals surface area contributed by atoms with Gasteiger partial charge in [0.15, 0.2) is 22.7 Å². The van der Waals surface area contributed by atoms with Crippen molar-refractivity contribution in [3.05, 3.63) is 252 Å². The number of aliphatic hydroxyl groups is 1. The molecule has 4 aromatic carbocycles. The van der Waals surface area contributed by atoms with E-state index in [9.17, 15) is 25.0 Å². The number of halogens is 2. The Kier molecular flexibility index (Phi) is 27.9. The lowest BCUT2D eigenvalue weighted by Crippen LogP contribution is -2.14. The topological polar surface area (TPSA) is 313 Å². The summed E-state index contributed by atoms with van der Waals surface area (Å²) in [5, 5.41) is 41.4. The standard InChI is InChI=1S/C13H8N4O.C12H8N4O2.C12H10N4.C7H6N2.C5H3ClN2O2.C2H3N.CH3I.CH4O/c1-14-9-2-4-10(5-3-9)17-12-6-7-15-8-11(12)16-13(17)18;1-13-9-2-4-10(5-3-9)15-11-6-7-14-8-12(11)16(17)18;1-14-9-2-4-10(5-3-9)16-12-6-7-15-8-11(12)13;1-9-7-4-2-6(8)3-5-7;6-4-1-2-7-3-5(4)8(9)10;1-2-3;2*1-2/h2-8H,(H,16,18);2-8H,(H,14,15);2-8H,13H2,(H,15,16);2-5H,8H2;1-3H;1H3;1H3;2H,1H3/i;;;;;;1D;. The zero-order valence-electron chi connectivity index (χ0n) is 42.1. The summed E-state index contributed by atoms with van der Waals surface area (Å²) in [5.74, 6) is 0. The number of aromatic nitrogens is 6. The highest BCUT2D eigenvalue weighted by atomic mass is 127. The molecule has 0 fully saturated rings. The lowest BCUT2D eigenvalue weighted by molar-refractivity contribution is -0.385. The van der Waals surface area contributed by atoms with Crippen LogP contribution < -0.4 is 27.8 Å². The van der Waals surface area contributed by atoms with Crippen LogP contribution in [-0.2, 0) is 0 Å². The van der Waals surface area contributed by atoms with E-state index in [2.05, 4.69) is 54.9 Å². The second-order valence-electron chi connectivity index (χ2n) is 14.0. The number of aliphatic hydroxyl groups excluding tert-OH is 1. The molecule has 0 aliphatic heterocycles. The number of benzene rings is 4. The van der Waals surface area contributed by atoms with Crippen LogP contribution in [0, 0.1) is 57.8 Å². The van der Waals surface area contributed by atoms with Crippen LogP contribution in [-0.4, -0.2) is 56.5 Å². The molecule has 5 heterocycles. The zero-order valence-corrected chi connectivity index (χ0v) is 44.1. The van der Waals surface area contributed by atoms with Gasteiger partial charge in [0.25, 0.3) is 0 Å². The number of nitrogens with two attached hydrogens (primary N) is 2. The van der Waals surface area contributed by atoms with Crippen molar-refractivity contribution < 1.29 is 16.3 Å². The van der Waals surface area contributed by atoms with Gasteiger partial charge in [0, 0.05) is 62.9 Å². The monoisotopic (exact) mass is 1180 g/mol. The van der Waals surface area contributed by atoms with Crippen molar-refractivity contribution in [3.8, 4) is 11.8 Å². The summed E-state index contributed by atoms with van der Waals surface area (Å²) in [4.78, 5) is 63.2. The van der Waals surface area contributed by atoms with Crippen LogP contribution in [0.5, 0.6) is 0 Å². The Morgan fingerprint density at radius 1 is 0.667 bits per heavy atom. The average molecular weight is 1180 g/mol. The molecule has 9 aromatic rings. The Bertz CT molecular complexity index is 3630. The number of alkyl halides is 1. The highest BCUT2D eigenvalue weighted by Gasteiger charge is 2.13. The average Bonchev–Trinajstić information content (AvgIpc) is 3.83. The van der Waals surface area contributed by atoms with Crippen molar-refractivity contribution in [2.45, 2.75) is 6.92 Å². The molecular formula is C53H45ClIN17O6. The molecule has 0 aliphatic rings. The molecule has 0 saturated heterocycles. The third-order valence-corrected chi connectivity index (χ3v) is 9.41. The number of rotatable bonds is 7. The number of fused-ring (bicyclic) bond motifs is 1. The lowest BCUT2D eigenvalue weighted by atomic mass is 10.2. The highest BCUT2D eigenvalue weighted by molar-refractivity contribution is 14.1. The van der Waals surface area contributed by atoms with Gasteiger partial charge in [0.2, 0.25) is 0 Å². The fourth-order valence-electron chi connectivity index (χ4n) is 5.65. The van der Waals surface area contributed by atoms with E-state index in [1.54, 1.807) is 132 Å². The number of nitrogen functional groups attached to an aromatic ring is 2. The van der Waals surface area contributed by atoms with Gasteiger partial charge in [-0.25, -0.2) is 24.2 Å². The van der Waals surface area contributed by atoms with Crippen LogP contribution >= 0.6 is 34.2 Å². The zero-order chi connectivity index (χ0) is 58.5. The quantitative estimate of drug-likeness (QED) is 0.0216. The molecule has 0 amide bonds. The minimum absolute atomic E-state index is 0.0910. The van der Waals surface area contributed by atoms with Gasteiger partial charge in [-0.2, -0.15) is 5.26 Å². The van der Waals surface area contributed by atoms with Gasteiger partial charge in [-0.3, -0.25) is 44.7 Å².